The number of hydrogen-bond donors (Lipinski definition) is 2. The van der Waals surface area contributed by atoms with E-state index in [1.807, 2.05) is 48.2 Å². The van der Waals surface area contributed by atoms with Gasteiger partial charge in [0.2, 0.25) is 5.91 Å². The molecule has 1 aliphatic heterocycles. The standard InChI is InChI=1S/C22H23ClN4O2/c1-15(21(28)24-18-7-4-6-17(23)14-18)26-9-11-27(12-10-26)22(29)20-13-16-5-2-3-8-19(16)25-20/h2-8,13-15,25H,9-12H2,1H3,(H,24,28). The Labute approximate surface area is 174 Å². The van der Waals surface area contributed by atoms with Gasteiger partial charge in [-0.15, -0.1) is 0 Å². The van der Waals surface area contributed by atoms with Crippen LogP contribution >= 0.6 is 11.6 Å². The number of carbonyl (C=O) groups excluding carboxylic acids is 2. The molecule has 0 radical (unpaired) electrons. The largest absolute Gasteiger partial charge is 0.351 e. The van der Waals surface area contributed by atoms with Gasteiger partial charge in [-0.25, -0.2) is 0 Å². The van der Waals surface area contributed by atoms with Crippen LogP contribution in [-0.4, -0.2) is 58.8 Å². The first kappa shape index (κ1) is 19.5. The lowest BCUT2D eigenvalue weighted by Crippen LogP contribution is -2.54. The van der Waals surface area contributed by atoms with Gasteiger partial charge in [-0.3, -0.25) is 14.5 Å². The van der Waals surface area contributed by atoms with Crippen LogP contribution in [0, 0.1) is 0 Å². The van der Waals surface area contributed by atoms with E-state index in [1.165, 1.54) is 0 Å². The molecule has 6 nitrogen and oxygen atoms in total. The van der Waals surface area contributed by atoms with Crippen molar-refractivity contribution in [2.24, 2.45) is 0 Å². The van der Waals surface area contributed by atoms with E-state index in [0.29, 0.717) is 42.6 Å². The van der Waals surface area contributed by atoms with Gasteiger partial charge in [-0.05, 0) is 37.3 Å². The Morgan fingerprint density at radius 3 is 2.52 bits per heavy atom. The zero-order valence-corrected chi connectivity index (χ0v) is 16.9. The van der Waals surface area contributed by atoms with Crippen molar-refractivity contribution in [3.8, 4) is 0 Å². The maximum absolute atomic E-state index is 12.8. The van der Waals surface area contributed by atoms with Crippen LogP contribution in [0.15, 0.2) is 54.6 Å². The third kappa shape index (κ3) is 4.28. The summed E-state index contributed by atoms with van der Waals surface area (Å²) < 4.78 is 0. The smallest absolute Gasteiger partial charge is 0.270 e. The van der Waals surface area contributed by atoms with E-state index in [4.69, 9.17) is 11.6 Å². The van der Waals surface area contributed by atoms with Crippen molar-refractivity contribution < 1.29 is 9.59 Å². The summed E-state index contributed by atoms with van der Waals surface area (Å²) in [6.45, 7) is 4.35. The summed E-state index contributed by atoms with van der Waals surface area (Å²) in [5.74, 6) is -0.0838. The number of H-pyrrole nitrogens is 1. The fourth-order valence-electron chi connectivity index (χ4n) is 3.65. The van der Waals surface area contributed by atoms with Crippen molar-refractivity contribution >= 4 is 40.0 Å². The van der Waals surface area contributed by atoms with Gasteiger partial charge < -0.3 is 15.2 Å². The number of anilines is 1. The summed E-state index contributed by atoms with van der Waals surface area (Å²) in [6.07, 6.45) is 0. The number of nitrogens with one attached hydrogen (secondary N) is 2. The van der Waals surface area contributed by atoms with Crippen LogP contribution in [0.2, 0.25) is 5.02 Å². The van der Waals surface area contributed by atoms with Gasteiger partial charge in [0, 0.05) is 47.8 Å². The molecule has 1 unspecified atom stereocenters. The minimum absolute atomic E-state index is 0.00289. The number of amides is 2. The van der Waals surface area contributed by atoms with E-state index in [0.717, 1.165) is 10.9 Å². The summed E-state index contributed by atoms with van der Waals surface area (Å²) in [7, 11) is 0. The maximum Gasteiger partial charge on any atom is 0.270 e. The number of para-hydroxylation sites is 1. The van der Waals surface area contributed by atoms with E-state index in [9.17, 15) is 9.59 Å². The van der Waals surface area contributed by atoms with Gasteiger partial charge in [0.25, 0.3) is 5.91 Å². The van der Waals surface area contributed by atoms with Crippen molar-refractivity contribution in [1.29, 1.82) is 0 Å². The molecule has 1 aliphatic rings. The summed E-state index contributed by atoms with van der Waals surface area (Å²) in [5, 5.41) is 4.52. The molecular formula is C22H23ClN4O2. The van der Waals surface area contributed by atoms with Crippen molar-refractivity contribution in [3.05, 3.63) is 65.3 Å². The quantitative estimate of drug-likeness (QED) is 0.690. The topological polar surface area (TPSA) is 68.4 Å². The second-order valence-electron chi connectivity index (χ2n) is 7.27. The van der Waals surface area contributed by atoms with Crippen LogP contribution in [0.5, 0.6) is 0 Å². The molecule has 2 heterocycles. The van der Waals surface area contributed by atoms with Crippen molar-refractivity contribution in [2.75, 3.05) is 31.5 Å². The molecule has 0 saturated carbocycles. The molecule has 150 valence electrons. The van der Waals surface area contributed by atoms with E-state index >= 15 is 0 Å². The number of rotatable bonds is 4. The average Bonchev–Trinajstić information content (AvgIpc) is 3.17. The number of benzene rings is 2. The Morgan fingerprint density at radius 2 is 1.79 bits per heavy atom. The van der Waals surface area contributed by atoms with Gasteiger partial charge in [0.05, 0.1) is 6.04 Å². The molecule has 0 aliphatic carbocycles. The summed E-state index contributed by atoms with van der Waals surface area (Å²) in [5.41, 5.74) is 2.24. The number of fused-ring (bicyclic) bond motifs is 1. The highest BCUT2D eigenvalue weighted by atomic mass is 35.5. The van der Waals surface area contributed by atoms with E-state index in [1.54, 1.807) is 18.2 Å². The normalized spacial score (nSPS) is 16.0. The number of aromatic nitrogens is 1. The molecule has 2 amide bonds. The number of carbonyl (C=O) groups is 2. The molecule has 0 spiro atoms. The van der Waals surface area contributed by atoms with Crippen LogP contribution in [0.4, 0.5) is 5.69 Å². The lowest BCUT2D eigenvalue weighted by molar-refractivity contribution is -0.121. The molecule has 1 fully saturated rings. The number of halogens is 1. The highest BCUT2D eigenvalue weighted by Crippen LogP contribution is 2.18. The molecule has 7 heteroatoms. The first-order valence-corrected chi connectivity index (χ1v) is 10.1. The van der Waals surface area contributed by atoms with E-state index in [2.05, 4.69) is 15.2 Å². The molecule has 29 heavy (non-hydrogen) atoms. The highest BCUT2D eigenvalue weighted by Gasteiger charge is 2.28. The van der Waals surface area contributed by atoms with Crippen LogP contribution in [0.3, 0.4) is 0 Å². The average molecular weight is 411 g/mol. The zero-order valence-electron chi connectivity index (χ0n) is 16.2. The Hall–Kier alpha value is -2.83. The number of hydrogen-bond acceptors (Lipinski definition) is 3. The van der Waals surface area contributed by atoms with Gasteiger partial charge in [-0.2, -0.15) is 0 Å². The molecule has 1 atom stereocenters. The molecule has 1 saturated heterocycles. The predicted octanol–water partition coefficient (Wildman–Crippen LogP) is 3.61. The zero-order chi connectivity index (χ0) is 20.4. The summed E-state index contributed by atoms with van der Waals surface area (Å²) in [4.78, 5) is 32.5. The summed E-state index contributed by atoms with van der Waals surface area (Å²) >= 11 is 5.98. The molecule has 0 bridgehead atoms. The second kappa shape index (κ2) is 8.27. The van der Waals surface area contributed by atoms with Gasteiger partial charge >= 0.3 is 0 Å². The maximum atomic E-state index is 12.8. The summed E-state index contributed by atoms with van der Waals surface area (Å²) in [6, 6.07) is 16.6. The number of nitrogens with zero attached hydrogens (tertiary/aromatic N) is 2. The molecule has 2 aromatic carbocycles. The van der Waals surface area contributed by atoms with E-state index in [-0.39, 0.29) is 17.9 Å². The third-order valence-corrected chi connectivity index (χ3v) is 5.62. The third-order valence-electron chi connectivity index (χ3n) is 5.38. The first-order chi connectivity index (χ1) is 14.0. The molecule has 3 aromatic rings. The van der Waals surface area contributed by atoms with Gasteiger partial charge in [-0.1, -0.05) is 35.9 Å². The fourth-order valence-corrected chi connectivity index (χ4v) is 3.84. The lowest BCUT2D eigenvalue weighted by atomic mass is 10.2. The van der Waals surface area contributed by atoms with Crippen molar-refractivity contribution in [1.82, 2.24) is 14.8 Å². The Kier molecular flexibility index (Phi) is 5.56. The van der Waals surface area contributed by atoms with Gasteiger partial charge in [0.15, 0.2) is 0 Å². The van der Waals surface area contributed by atoms with Crippen molar-refractivity contribution in [3.63, 3.8) is 0 Å². The molecule has 2 N–H and O–H groups in total. The lowest BCUT2D eigenvalue weighted by Gasteiger charge is -2.37. The molecular weight excluding hydrogens is 388 g/mol. The second-order valence-corrected chi connectivity index (χ2v) is 7.71. The molecule has 1 aromatic heterocycles. The van der Waals surface area contributed by atoms with Gasteiger partial charge in [0.1, 0.15) is 5.69 Å². The first-order valence-electron chi connectivity index (χ1n) is 9.69. The van der Waals surface area contributed by atoms with Crippen LogP contribution < -0.4 is 5.32 Å². The SMILES string of the molecule is CC(C(=O)Nc1cccc(Cl)c1)N1CCN(C(=O)c2cc3ccccc3[nH]2)CC1. The van der Waals surface area contributed by atoms with Crippen LogP contribution in [-0.2, 0) is 4.79 Å². The minimum atomic E-state index is -0.292. The Morgan fingerprint density at radius 1 is 1.03 bits per heavy atom. The van der Waals surface area contributed by atoms with Crippen molar-refractivity contribution in [2.45, 2.75) is 13.0 Å². The van der Waals surface area contributed by atoms with Crippen LogP contribution in [0.25, 0.3) is 10.9 Å². The van der Waals surface area contributed by atoms with E-state index < -0.39 is 0 Å². The predicted molar refractivity (Wildman–Crippen MR) is 115 cm³/mol. The Bertz CT molecular complexity index is 1010. The highest BCUT2D eigenvalue weighted by molar-refractivity contribution is 6.30. The Balaban J connectivity index is 1.34. The number of aromatic amines is 1. The molecule has 4 rings (SSSR count). The monoisotopic (exact) mass is 410 g/mol. The fraction of sp³-hybridized carbons (Fsp3) is 0.273. The number of piperazine rings is 1. The minimum Gasteiger partial charge on any atom is -0.351 e. The van der Waals surface area contributed by atoms with Crippen LogP contribution in [0.1, 0.15) is 17.4 Å².